The summed E-state index contributed by atoms with van der Waals surface area (Å²) in [6, 6.07) is 17.3. The summed E-state index contributed by atoms with van der Waals surface area (Å²) in [5.41, 5.74) is 1.48. The maximum absolute atomic E-state index is 13.1. The predicted molar refractivity (Wildman–Crippen MR) is 108 cm³/mol. The Morgan fingerprint density at radius 3 is 2.04 bits per heavy atom. The third-order valence-electron chi connectivity index (χ3n) is 4.36. The maximum atomic E-state index is 13.1. The number of hydrogen-bond donors (Lipinski definition) is 1. The van der Waals surface area contributed by atoms with Crippen LogP contribution in [0.25, 0.3) is 0 Å². The molecule has 0 bridgehead atoms. The van der Waals surface area contributed by atoms with E-state index in [2.05, 4.69) is 5.32 Å². The first-order valence-corrected chi connectivity index (χ1v) is 10.6. The van der Waals surface area contributed by atoms with Crippen molar-refractivity contribution in [3.05, 3.63) is 71.8 Å². The zero-order chi connectivity index (χ0) is 20.7. The number of amides is 2. The molecule has 0 radical (unpaired) electrons. The molecule has 0 aliphatic heterocycles. The Morgan fingerprint density at radius 2 is 1.54 bits per heavy atom. The van der Waals surface area contributed by atoms with Gasteiger partial charge in [-0.2, -0.15) is 4.31 Å². The summed E-state index contributed by atoms with van der Waals surface area (Å²) in [4.78, 5) is 27.2. The van der Waals surface area contributed by atoms with E-state index in [1.807, 2.05) is 36.4 Å². The molecule has 0 aliphatic rings. The van der Waals surface area contributed by atoms with Crippen molar-refractivity contribution in [2.75, 3.05) is 26.9 Å². The van der Waals surface area contributed by atoms with Crippen LogP contribution in [-0.4, -0.2) is 56.3 Å². The van der Waals surface area contributed by atoms with E-state index in [0.29, 0.717) is 5.56 Å². The largest absolute Gasteiger partial charge is 0.357 e. The van der Waals surface area contributed by atoms with Crippen molar-refractivity contribution >= 4 is 21.8 Å². The van der Waals surface area contributed by atoms with Crippen molar-refractivity contribution in [1.82, 2.24) is 14.5 Å². The first kappa shape index (κ1) is 21.6. The van der Waals surface area contributed by atoms with Crippen LogP contribution in [0.2, 0.25) is 0 Å². The number of nitrogens with zero attached hydrogens (tertiary/aromatic N) is 2. The first-order valence-electron chi connectivity index (χ1n) is 8.75. The highest BCUT2D eigenvalue weighted by molar-refractivity contribution is 7.88. The Kier molecular flexibility index (Phi) is 7.31. The molecule has 1 N–H and O–H groups in total. The third-order valence-corrected chi connectivity index (χ3v) is 5.62. The van der Waals surface area contributed by atoms with Crippen LogP contribution in [0.3, 0.4) is 0 Å². The molecular weight excluding hydrogens is 378 g/mol. The van der Waals surface area contributed by atoms with Gasteiger partial charge in [-0.05, 0) is 11.1 Å². The average Bonchev–Trinajstić information content (AvgIpc) is 2.68. The van der Waals surface area contributed by atoms with E-state index in [1.165, 1.54) is 19.0 Å². The highest BCUT2D eigenvalue weighted by atomic mass is 32.2. The number of hydrogen-bond acceptors (Lipinski definition) is 4. The summed E-state index contributed by atoms with van der Waals surface area (Å²) in [6.45, 7) is -0.184. The van der Waals surface area contributed by atoms with Crippen molar-refractivity contribution in [3.8, 4) is 0 Å². The molecule has 2 aromatic rings. The van der Waals surface area contributed by atoms with Gasteiger partial charge in [-0.3, -0.25) is 9.59 Å². The molecule has 0 saturated heterocycles. The number of sulfonamides is 1. The average molecular weight is 404 g/mol. The molecule has 2 amide bonds. The second-order valence-electron chi connectivity index (χ2n) is 6.45. The lowest BCUT2D eigenvalue weighted by molar-refractivity contribution is -0.141. The van der Waals surface area contributed by atoms with E-state index in [-0.39, 0.29) is 19.0 Å². The normalized spacial score (nSPS) is 12.4. The zero-order valence-corrected chi connectivity index (χ0v) is 17.0. The molecule has 0 saturated carbocycles. The van der Waals surface area contributed by atoms with Gasteiger partial charge in [-0.15, -0.1) is 0 Å². The Morgan fingerprint density at radius 1 is 1.00 bits per heavy atom. The molecule has 0 spiro atoms. The van der Waals surface area contributed by atoms with Gasteiger partial charge in [0.05, 0.1) is 12.8 Å². The minimum absolute atomic E-state index is 0.171. The number of carbonyl (C=O) groups excluding carboxylic acids is 2. The predicted octanol–water partition coefficient (Wildman–Crippen LogP) is 1.39. The summed E-state index contributed by atoms with van der Waals surface area (Å²) >= 11 is 0. The lowest BCUT2D eigenvalue weighted by atomic mass is 10.0. The molecule has 2 rings (SSSR count). The van der Waals surface area contributed by atoms with Gasteiger partial charge in [-0.1, -0.05) is 60.7 Å². The van der Waals surface area contributed by atoms with Gasteiger partial charge in [0.1, 0.15) is 6.04 Å². The number of benzene rings is 2. The number of nitrogens with one attached hydrogen (secondary N) is 1. The highest BCUT2D eigenvalue weighted by Crippen LogP contribution is 2.24. The molecule has 8 heteroatoms. The number of likely N-dealkylation sites (N-methyl/N-ethyl adjacent to an activating group) is 2. The first-order chi connectivity index (χ1) is 13.2. The fourth-order valence-corrected chi connectivity index (χ4v) is 3.09. The Hall–Kier alpha value is -2.71. The van der Waals surface area contributed by atoms with Crippen molar-refractivity contribution < 1.29 is 18.0 Å². The smallest absolute Gasteiger partial charge is 0.247 e. The van der Waals surface area contributed by atoms with Gasteiger partial charge in [0.25, 0.3) is 0 Å². The summed E-state index contributed by atoms with van der Waals surface area (Å²) in [6.07, 6.45) is 1.04. The summed E-state index contributed by atoms with van der Waals surface area (Å²) in [5.74, 6) is -0.813. The van der Waals surface area contributed by atoms with E-state index in [9.17, 15) is 18.0 Å². The molecule has 0 aromatic heterocycles. The van der Waals surface area contributed by atoms with E-state index >= 15 is 0 Å². The van der Waals surface area contributed by atoms with Crippen molar-refractivity contribution in [3.63, 3.8) is 0 Å². The molecule has 7 nitrogen and oxygen atoms in total. The Bertz CT molecular complexity index is 902. The fraction of sp³-hybridized carbons (Fsp3) is 0.300. The molecule has 28 heavy (non-hydrogen) atoms. The van der Waals surface area contributed by atoms with Gasteiger partial charge in [0.15, 0.2) is 0 Å². The van der Waals surface area contributed by atoms with Crippen LogP contribution in [0, 0.1) is 0 Å². The second kappa shape index (κ2) is 9.48. The van der Waals surface area contributed by atoms with E-state index in [0.717, 1.165) is 16.1 Å². The van der Waals surface area contributed by atoms with Crippen LogP contribution in [0.15, 0.2) is 60.7 Å². The molecule has 0 unspecified atom stereocenters. The van der Waals surface area contributed by atoms with Crippen LogP contribution >= 0.6 is 0 Å². The molecule has 0 aliphatic carbocycles. The minimum Gasteiger partial charge on any atom is -0.357 e. The van der Waals surface area contributed by atoms with E-state index < -0.39 is 22.0 Å². The van der Waals surface area contributed by atoms with Crippen molar-refractivity contribution in [2.24, 2.45) is 0 Å². The van der Waals surface area contributed by atoms with Crippen LogP contribution in [0.4, 0.5) is 0 Å². The molecule has 0 fully saturated rings. The van der Waals surface area contributed by atoms with Gasteiger partial charge >= 0.3 is 0 Å². The van der Waals surface area contributed by atoms with Crippen molar-refractivity contribution in [2.45, 2.75) is 12.6 Å². The van der Waals surface area contributed by atoms with E-state index in [1.54, 1.807) is 24.3 Å². The minimum atomic E-state index is -3.54. The Balaban J connectivity index is 2.45. The summed E-state index contributed by atoms with van der Waals surface area (Å²) in [5, 5.41) is 2.60. The van der Waals surface area contributed by atoms with E-state index in [4.69, 9.17) is 0 Å². The maximum Gasteiger partial charge on any atom is 0.247 e. The monoisotopic (exact) mass is 403 g/mol. The lowest BCUT2D eigenvalue weighted by Gasteiger charge is -2.32. The topological polar surface area (TPSA) is 86.8 Å². The fourth-order valence-electron chi connectivity index (χ4n) is 2.75. The van der Waals surface area contributed by atoms with Gasteiger partial charge in [0, 0.05) is 20.6 Å². The van der Waals surface area contributed by atoms with Crippen LogP contribution in [0.1, 0.15) is 17.2 Å². The standard InChI is InChI=1S/C20H25N3O4S/c1-21-20(25)19(17-12-8-5-9-13-17)23(14-16-10-6-4-7-11-16)18(24)15-22(2)28(3,26)27/h4-13,19H,14-15H2,1-3H3,(H,21,25)/t19-/m1/s1. The van der Waals surface area contributed by atoms with Crippen LogP contribution in [0.5, 0.6) is 0 Å². The summed E-state index contributed by atoms with van der Waals surface area (Å²) in [7, 11) is -0.690. The lowest BCUT2D eigenvalue weighted by Crippen LogP contribution is -2.46. The van der Waals surface area contributed by atoms with Gasteiger partial charge in [0.2, 0.25) is 21.8 Å². The second-order valence-corrected chi connectivity index (χ2v) is 8.54. The summed E-state index contributed by atoms with van der Waals surface area (Å²) < 4.78 is 24.5. The molecular formula is C20H25N3O4S. The molecule has 0 heterocycles. The Labute approximate surface area is 166 Å². The van der Waals surface area contributed by atoms with Crippen LogP contribution in [-0.2, 0) is 26.2 Å². The molecule has 1 atom stereocenters. The third kappa shape index (κ3) is 5.64. The van der Waals surface area contributed by atoms with Crippen LogP contribution < -0.4 is 5.32 Å². The zero-order valence-electron chi connectivity index (χ0n) is 16.2. The molecule has 150 valence electrons. The number of rotatable bonds is 8. The molecule has 2 aromatic carbocycles. The number of carbonyl (C=O) groups is 2. The van der Waals surface area contributed by atoms with Gasteiger partial charge in [-0.25, -0.2) is 8.42 Å². The van der Waals surface area contributed by atoms with Gasteiger partial charge < -0.3 is 10.2 Å². The van der Waals surface area contributed by atoms with Crippen molar-refractivity contribution in [1.29, 1.82) is 0 Å². The quantitative estimate of drug-likeness (QED) is 0.722. The SMILES string of the molecule is CNC(=O)[C@@H](c1ccccc1)N(Cc1ccccc1)C(=O)CN(C)S(C)(=O)=O. The highest BCUT2D eigenvalue weighted by Gasteiger charge is 2.32.